The Kier molecular flexibility index (Phi) is 6.45. The van der Waals surface area contributed by atoms with Crippen molar-refractivity contribution in [3.63, 3.8) is 0 Å². The van der Waals surface area contributed by atoms with E-state index in [0.717, 1.165) is 36.4 Å². The number of aromatic nitrogens is 2. The summed E-state index contributed by atoms with van der Waals surface area (Å²) >= 11 is 0. The summed E-state index contributed by atoms with van der Waals surface area (Å²) in [6, 6.07) is 0. The fourth-order valence-electron chi connectivity index (χ4n) is 3.54. The van der Waals surface area contributed by atoms with E-state index in [0.29, 0.717) is 11.6 Å². The molecule has 0 aliphatic heterocycles. The average Bonchev–Trinajstić information content (AvgIpc) is 3.35. The number of H-pyrrole nitrogens is 1. The van der Waals surface area contributed by atoms with Crippen LogP contribution in [0.25, 0.3) is 6.08 Å². The Morgan fingerprint density at radius 1 is 1.39 bits per heavy atom. The smallest absolute Gasteiger partial charge is 0.173 e. The molecule has 1 aromatic rings. The van der Waals surface area contributed by atoms with Crippen molar-refractivity contribution in [1.82, 2.24) is 15.1 Å². The second-order valence-corrected chi connectivity index (χ2v) is 7.66. The molecular weight excluding hydrogens is 346 g/mol. The fourth-order valence-corrected chi connectivity index (χ4v) is 3.54. The summed E-state index contributed by atoms with van der Waals surface area (Å²) in [6.07, 6.45) is 18.4. The molecule has 2 unspecified atom stereocenters. The molecule has 1 fully saturated rings. The molecule has 5 nitrogen and oxygen atoms in total. The molecule has 2 N–H and O–H groups in total. The van der Waals surface area contributed by atoms with Gasteiger partial charge in [0.1, 0.15) is 5.69 Å². The number of allylic oxidation sites excluding steroid dienone is 5. The zero-order valence-corrected chi connectivity index (χ0v) is 17.4. The van der Waals surface area contributed by atoms with Crippen molar-refractivity contribution in [3.8, 4) is 0 Å². The summed E-state index contributed by atoms with van der Waals surface area (Å²) in [5.41, 5.74) is 5.45. The number of amidine groups is 1. The summed E-state index contributed by atoms with van der Waals surface area (Å²) in [5, 5.41) is 15.8. The van der Waals surface area contributed by atoms with Crippen molar-refractivity contribution in [2.75, 3.05) is 7.05 Å². The number of nitrogens with one attached hydrogen (secondary N) is 2. The summed E-state index contributed by atoms with van der Waals surface area (Å²) in [4.78, 5) is 6.31. The molecule has 2 atom stereocenters. The number of rotatable bonds is 7. The third-order valence-electron chi connectivity index (χ3n) is 5.49. The van der Waals surface area contributed by atoms with E-state index in [1.807, 2.05) is 24.2 Å². The first kappa shape index (κ1) is 20.1. The number of aromatic amines is 1. The van der Waals surface area contributed by atoms with Gasteiger partial charge in [-0.1, -0.05) is 38.5 Å². The summed E-state index contributed by atoms with van der Waals surface area (Å²) in [5.74, 6) is 1.58. The van der Waals surface area contributed by atoms with Gasteiger partial charge < -0.3 is 4.90 Å². The van der Waals surface area contributed by atoms with Gasteiger partial charge in [-0.2, -0.15) is 5.10 Å². The maximum Gasteiger partial charge on any atom is 0.173 e. The molecule has 148 valence electrons. The third kappa shape index (κ3) is 4.77. The van der Waals surface area contributed by atoms with E-state index in [4.69, 9.17) is 5.41 Å². The van der Waals surface area contributed by atoms with Gasteiger partial charge in [0, 0.05) is 43.3 Å². The lowest BCUT2D eigenvalue weighted by atomic mass is 10.1. The quantitative estimate of drug-likeness (QED) is 0.512. The van der Waals surface area contributed by atoms with Gasteiger partial charge in [0.2, 0.25) is 0 Å². The first-order valence-electron chi connectivity index (χ1n) is 10.2. The maximum absolute atomic E-state index is 8.36. The zero-order valence-electron chi connectivity index (χ0n) is 17.4. The highest BCUT2D eigenvalue weighted by molar-refractivity contribution is 6.03. The fraction of sp³-hybridized carbons (Fsp3) is 0.435. The average molecular weight is 378 g/mol. The van der Waals surface area contributed by atoms with Crippen LogP contribution in [0, 0.1) is 17.2 Å². The number of hydrogen-bond donors (Lipinski definition) is 2. The summed E-state index contributed by atoms with van der Waals surface area (Å²) in [6.45, 7) is 6.62. The van der Waals surface area contributed by atoms with Crippen LogP contribution < -0.4 is 0 Å². The van der Waals surface area contributed by atoms with Crippen LogP contribution in [-0.2, 0) is 6.42 Å². The second-order valence-electron chi connectivity index (χ2n) is 7.66. The number of hydrogen-bond acceptors (Lipinski definition) is 3. The third-order valence-corrected chi connectivity index (χ3v) is 5.49. The normalized spacial score (nSPS) is 20.8. The van der Waals surface area contributed by atoms with Crippen molar-refractivity contribution in [1.29, 1.82) is 5.41 Å². The van der Waals surface area contributed by atoms with E-state index >= 15 is 0 Å². The topological polar surface area (TPSA) is 68.1 Å². The Bertz CT molecular complexity index is 860. The van der Waals surface area contributed by atoms with E-state index in [9.17, 15) is 0 Å². The van der Waals surface area contributed by atoms with Crippen LogP contribution in [-0.4, -0.2) is 34.2 Å². The Labute approximate surface area is 168 Å². The van der Waals surface area contributed by atoms with Gasteiger partial charge in [-0.25, -0.2) is 4.99 Å². The lowest BCUT2D eigenvalue weighted by Gasteiger charge is -2.09. The van der Waals surface area contributed by atoms with Gasteiger partial charge in [0.05, 0.1) is 0 Å². The molecule has 5 heteroatoms. The molecule has 1 saturated carbocycles. The lowest BCUT2D eigenvalue weighted by molar-refractivity contribution is 0.612. The van der Waals surface area contributed by atoms with E-state index in [1.165, 1.54) is 17.6 Å². The van der Waals surface area contributed by atoms with Crippen molar-refractivity contribution in [3.05, 3.63) is 58.7 Å². The summed E-state index contributed by atoms with van der Waals surface area (Å²) in [7, 11) is 2.01. The van der Waals surface area contributed by atoms with Crippen molar-refractivity contribution in [2.45, 2.75) is 46.5 Å². The van der Waals surface area contributed by atoms with E-state index in [2.05, 4.69) is 60.4 Å². The van der Waals surface area contributed by atoms with Gasteiger partial charge in [-0.15, -0.1) is 0 Å². The zero-order chi connectivity index (χ0) is 20.1. The van der Waals surface area contributed by atoms with Gasteiger partial charge >= 0.3 is 0 Å². The molecule has 2 aliphatic carbocycles. The van der Waals surface area contributed by atoms with E-state index < -0.39 is 0 Å². The molecular formula is C23H31N5. The Morgan fingerprint density at radius 2 is 2.14 bits per heavy atom. The first-order chi connectivity index (χ1) is 13.5. The van der Waals surface area contributed by atoms with Crippen molar-refractivity contribution in [2.24, 2.45) is 16.8 Å². The minimum Gasteiger partial charge on any atom is -0.357 e. The van der Waals surface area contributed by atoms with Crippen LogP contribution in [0.1, 0.15) is 57.0 Å². The van der Waals surface area contributed by atoms with Gasteiger partial charge in [0.15, 0.2) is 5.84 Å². The lowest BCUT2D eigenvalue weighted by Crippen LogP contribution is -2.02. The molecule has 0 saturated heterocycles. The predicted molar refractivity (Wildman–Crippen MR) is 118 cm³/mol. The molecule has 0 spiro atoms. The minimum absolute atomic E-state index is 0.185. The Hall–Kier alpha value is -2.69. The molecule has 0 bridgehead atoms. The molecule has 3 rings (SSSR count). The molecule has 1 aromatic heterocycles. The van der Waals surface area contributed by atoms with Gasteiger partial charge in [-0.3, -0.25) is 10.5 Å². The molecule has 0 aromatic carbocycles. The number of aliphatic imine (C=N–C) groups is 1. The Morgan fingerprint density at radius 3 is 2.82 bits per heavy atom. The maximum atomic E-state index is 8.36. The first-order valence-corrected chi connectivity index (χ1v) is 10.2. The molecule has 0 amide bonds. The van der Waals surface area contributed by atoms with Crippen LogP contribution in [0.5, 0.6) is 0 Å². The highest BCUT2D eigenvalue weighted by Gasteiger charge is 2.35. The van der Waals surface area contributed by atoms with Crippen LogP contribution in [0.3, 0.4) is 0 Å². The van der Waals surface area contributed by atoms with Crippen molar-refractivity contribution >= 4 is 18.1 Å². The Balaban J connectivity index is 1.69. The summed E-state index contributed by atoms with van der Waals surface area (Å²) < 4.78 is 0. The largest absolute Gasteiger partial charge is 0.357 e. The molecule has 0 radical (unpaired) electrons. The predicted octanol–water partition coefficient (Wildman–Crippen LogP) is 5.11. The van der Waals surface area contributed by atoms with E-state index in [-0.39, 0.29) is 5.84 Å². The molecule has 28 heavy (non-hydrogen) atoms. The number of nitrogens with zero attached hydrogens (tertiary/aromatic N) is 3. The highest BCUT2D eigenvalue weighted by atomic mass is 15.1. The van der Waals surface area contributed by atoms with Crippen LogP contribution in [0.15, 0.2) is 46.8 Å². The van der Waals surface area contributed by atoms with Crippen LogP contribution in [0.4, 0.5) is 0 Å². The standard InChI is InChI=1S/C23H31N5/c1-5-17(6-2)15-28(4)12-8-11-25-23(24)22-20-14-18(19-13-16(19)3)9-7-10-21(20)26-27-22/h7-9,11-12,14-16,19,24H,5-6,10,13H2,1-4H3,(H,26,27)/b12-8+,24-23?,25-11-. The van der Waals surface area contributed by atoms with Crippen LogP contribution in [0.2, 0.25) is 0 Å². The van der Waals surface area contributed by atoms with E-state index in [1.54, 1.807) is 6.21 Å². The van der Waals surface area contributed by atoms with Gasteiger partial charge in [0.25, 0.3) is 0 Å². The molecule has 1 heterocycles. The SMILES string of the molecule is CCC(=CN(C)/C=C/C=N\C(=N)c1n[nH]c2c1C=C(C1CC1C)C=CC2)CC. The minimum atomic E-state index is 0.185. The highest BCUT2D eigenvalue weighted by Crippen LogP contribution is 2.45. The monoisotopic (exact) mass is 377 g/mol. The second kappa shape index (κ2) is 9.00. The molecule has 2 aliphatic rings. The van der Waals surface area contributed by atoms with Gasteiger partial charge in [-0.05, 0) is 48.8 Å². The number of fused-ring (bicyclic) bond motifs is 1. The van der Waals surface area contributed by atoms with Crippen LogP contribution >= 0.6 is 0 Å². The van der Waals surface area contributed by atoms with Crippen molar-refractivity contribution < 1.29 is 0 Å².